The van der Waals surface area contributed by atoms with Crippen LogP contribution in [0.2, 0.25) is 0 Å². The summed E-state index contributed by atoms with van der Waals surface area (Å²) in [6, 6.07) is 16.0. The van der Waals surface area contributed by atoms with E-state index in [0.717, 1.165) is 37.5 Å². The smallest absolute Gasteiger partial charge is 0.234 e. The van der Waals surface area contributed by atoms with E-state index in [2.05, 4.69) is 27.8 Å². The van der Waals surface area contributed by atoms with E-state index in [1.165, 1.54) is 11.8 Å². The third-order valence-electron chi connectivity index (χ3n) is 3.96. The van der Waals surface area contributed by atoms with Gasteiger partial charge in [0.25, 0.3) is 0 Å². The van der Waals surface area contributed by atoms with Crippen LogP contribution in [0.15, 0.2) is 64.4 Å². The van der Waals surface area contributed by atoms with Gasteiger partial charge >= 0.3 is 0 Å². The number of aryl methyl sites for hydroxylation is 1. The number of anilines is 1. The first kappa shape index (κ1) is 18.0. The second-order valence-corrected chi connectivity index (χ2v) is 8.73. The van der Waals surface area contributed by atoms with Crippen molar-refractivity contribution < 1.29 is 4.79 Å². The number of carbonyl (C=O) groups is 1. The van der Waals surface area contributed by atoms with Crippen LogP contribution in [0.3, 0.4) is 0 Å². The fourth-order valence-corrected chi connectivity index (χ4v) is 4.76. The molecule has 0 fully saturated rings. The lowest BCUT2D eigenvalue weighted by Crippen LogP contribution is -2.14. The molecule has 1 aromatic carbocycles. The molecule has 3 heterocycles. The Morgan fingerprint density at radius 2 is 1.81 bits per heavy atom. The number of rotatable bonds is 6. The second kappa shape index (κ2) is 8.12. The quantitative estimate of drug-likeness (QED) is 0.388. The minimum atomic E-state index is -0.0407. The van der Waals surface area contributed by atoms with Gasteiger partial charge in [0.05, 0.1) is 21.2 Å². The van der Waals surface area contributed by atoms with E-state index in [0.29, 0.717) is 5.75 Å². The number of hydrogen-bond donors (Lipinski definition) is 2. The maximum absolute atomic E-state index is 12.3. The molecule has 0 atom stereocenters. The van der Waals surface area contributed by atoms with Gasteiger partial charge in [-0.25, -0.2) is 4.98 Å². The van der Waals surface area contributed by atoms with Gasteiger partial charge in [0, 0.05) is 5.69 Å². The molecule has 27 heavy (non-hydrogen) atoms. The molecule has 0 spiro atoms. The van der Waals surface area contributed by atoms with Crippen LogP contribution >= 0.6 is 34.4 Å². The maximum Gasteiger partial charge on any atom is 0.234 e. The summed E-state index contributed by atoms with van der Waals surface area (Å²) in [6.45, 7) is 1.98. The summed E-state index contributed by atoms with van der Waals surface area (Å²) in [5.74, 6) is 0.261. The molecule has 0 aliphatic rings. The fraction of sp³-hybridized carbons (Fsp3) is 0.100. The van der Waals surface area contributed by atoms with Gasteiger partial charge in [0.1, 0.15) is 5.69 Å². The van der Waals surface area contributed by atoms with Gasteiger partial charge in [-0.1, -0.05) is 42.1 Å². The largest absolute Gasteiger partial charge is 0.332 e. The topological polar surface area (TPSA) is 57.8 Å². The van der Waals surface area contributed by atoms with Gasteiger partial charge in [-0.15, -0.1) is 22.7 Å². The van der Waals surface area contributed by atoms with Gasteiger partial charge in [-0.05, 0) is 41.4 Å². The van der Waals surface area contributed by atoms with E-state index in [1.807, 2.05) is 48.7 Å². The van der Waals surface area contributed by atoms with Crippen molar-refractivity contribution in [3.8, 4) is 21.1 Å². The normalized spacial score (nSPS) is 10.9. The van der Waals surface area contributed by atoms with Gasteiger partial charge in [-0.3, -0.25) is 4.79 Å². The van der Waals surface area contributed by atoms with E-state index >= 15 is 0 Å². The summed E-state index contributed by atoms with van der Waals surface area (Å²) in [5.41, 5.74) is 3.85. The number of thiophene rings is 2. The Morgan fingerprint density at radius 1 is 1.07 bits per heavy atom. The molecule has 4 nitrogen and oxygen atoms in total. The summed E-state index contributed by atoms with van der Waals surface area (Å²) in [4.78, 5) is 22.7. The summed E-state index contributed by atoms with van der Waals surface area (Å²) in [6.07, 6.45) is 0. The molecule has 2 N–H and O–H groups in total. The van der Waals surface area contributed by atoms with E-state index < -0.39 is 0 Å². The number of aromatic amines is 1. The molecule has 0 saturated heterocycles. The van der Waals surface area contributed by atoms with Gasteiger partial charge in [-0.2, -0.15) is 0 Å². The van der Waals surface area contributed by atoms with Crippen molar-refractivity contribution >= 4 is 46.0 Å². The molecule has 1 amide bonds. The molecule has 7 heteroatoms. The van der Waals surface area contributed by atoms with E-state index in [9.17, 15) is 4.79 Å². The van der Waals surface area contributed by atoms with Crippen molar-refractivity contribution in [2.75, 3.05) is 11.1 Å². The van der Waals surface area contributed by atoms with Gasteiger partial charge < -0.3 is 10.3 Å². The number of benzene rings is 1. The summed E-state index contributed by atoms with van der Waals surface area (Å²) in [7, 11) is 0. The third kappa shape index (κ3) is 4.16. The fourth-order valence-electron chi connectivity index (χ4n) is 2.64. The predicted octanol–water partition coefficient (Wildman–Crippen LogP) is 5.91. The lowest BCUT2D eigenvalue weighted by molar-refractivity contribution is -0.113. The lowest BCUT2D eigenvalue weighted by Gasteiger charge is -2.07. The van der Waals surface area contributed by atoms with Crippen LogP contribution in [-0.2, 0) is 4.79 Å². The van der Waals surface area contributed by atoms with Crippen molar-refractivity contribution in [1.82, 2.24) is 9.97 Å². The Labute approximate surface area is 169 Å². The lowest BCUT2D eigenvalue weighted by atomic mass is 10.2. The van der Waals surface area contributed by atoms with Gasteiger partial charge in [0.15, 0.2) is 5.16 Å². The summed E-state index contributed by atoms with van der Waals surface area (Å²) >= 11 is 4.75. The highest BCUT2D eigenvalue weighted by molar-refractivity contribution is 7.99. The molecule has 0 aliphatic carbocycles. The summed E-state index contributed by atoms with van der Waals surface area (Å²) in [5, 5.41) is 7.81. The minimum absolute atomic E-state index is 0.0407. The average molecular weight is 412 g/mol. The molecule has 0 unspecified atom stereocenters. The first-order chi connectivity index (χ1) is 13.2. The van der Waals surface area contributed by atoms with Crippen LogP contribution < -0.4 is 5.32 Å². The Balaban J connectivity index is 1.50. The standard InChI is InChI=1S/C20H17N3OS3/c1-13-6-2-3-7-14(13)21-17(24)12-27-20-22-18(15-8-4-10-25-15)19(23-20)16-9-5-11-26-16/h2-11H,12H2,1H3,(H,21,24)(H,22,23). The Kier molecular flexibility index (Phi) is 5.42. The van der Waals surface area contributed by atoms with Crippen LogP contribution in [0.4, 0.5) is 5.69 Å². The molecule has 0 saturated carbocycles. The van der Waals surface area contributed by atoms with E-state index in [-0.39, 0.29) is 5.91 Å². The van der Waals surface area contributed by atoms with Crippen molar-refractivity contribution in [1.29, 1.82) is 0 Å². The van der Waals surface area contributed by atoms with E-state index in [1.54, 1.807) is 22.7 Å². The minimum Gasteiger partial charge on any atom is -0.332 e. The van der Waals surface area contributed by atoms with Crippen LogP contribution in [-0.4, -0.2) is 21.6 Å². The number of amides is 1. The number of nitrogens with one attached hydrogen (secondary N) is 2. The Morgan fingerprint density at radius 3 is 2.52 bits per heavy atom. The molecule has 3 aromatic heterocycles. The van der Waals surface area contributed by atoms with Crippen molar-refractivity contribution in [3.05, 3.63) is 64.9 Å². The molecule has 4 rings (SSSR count). The zero-order valence-electron chi connectivity index (χ0n) is 14.6. The third-order valence-corrected chi connectivity index (χ3v) is 6.60. The van der Waals surface area contributed by atoms with Crippen molar-refractivity contribution in [2.45, 2.75) is 12.1 Å². The van der Waals surface area contributed by atoms with Crippen LogP contribution in [0.25, 0.3) is 21.1 Å². The highest BCUT2D eigenvalue weighted by Crippen LogP contribution is 2.36. The van der Waals surface area contributed by atoms with E-state index in [4.69, 9.17) is 4.98 Å². The predicted molar refractivity (Wildman–Crippen MR) is 116 cm³/mol. The maximum atomic E-state index is 12.3. The molecular formula is C20H17N3OS3. The monoisotopic (exact) mass is 411 g/mol. The number of para-hydroxylation sites is 1. The molecule has 0 aliphatic heterocycles. The first-order valence-electron chi connectivity index (χ1n) is 8.37. The number of hydrogen-bond acceptors (Lipinski definition) is 5. The number of thioether (sulfide) groups is 1. The first-order valence-corrected chi connectivity index (χ1v) is 11.1. The van der Waals surface area contributed by atoms with Crippen LogP contribution in [0.5, 0.6) is 0 Å². The Hall–Kier alpha value is -2.35. The highest BCUT2D eigenvalue weighted by atomic mass is 32.2. The Bertz CT molecular complexity index is 985. The zero-order chi connectivity index (χ0) is 18.6. The number of H-pyrrole nitrogens is 1. The number of carbonyl (C=O) groups excluding carboxylic acids is 1. The molecule has 0 radical (unpaired) electrons. The highest BCUT2D eigenvalue weighted by Gasteiger charge is 2.17. The second-order valence-electron chi connectivity index (χ2n) is 5.87. The van der Waals surface area contributed by atoms with Crippen molar-refractivity contribution in [3.63, 3.8) is 0 Å². The number of nitrogens with zero attached hydrogens (tertiary/aromatic N) is 1. The number of aromatic nitrogens is 2. The SMILES string of the molecule is Cc1ccccc1NC(=O)CSc1nc(-c2cccs2)c(-c2cccs2)[nH]1. The molecule has 0 bridgehead atoms. The summed E-state index contributed by atoms with van der Waals surface area (Å²) < 4.78 is 0. The van der Waals surface area contributed by atoms with Gasteiger partial charge in [0.2, 0.25) is 5.91 Å². The molecule has 136 valence electrons. The van der Waals surface area contributed by atoms with Crippen LogP contribution in [0, 0.1) is 6.92 Å². The number of imidazole rings is 1. The van der Waals surface area contributed by atoms with Crippen LogP contribution in [0.1, 0.15) is 5.56 Å². The molecular weight excluding hydrogens is 394 g/mol. The van der Waals surface area contributed by atoms with Crippen molar-refractivity contribution in [2.24, 2.45) is 0 Å². The zero-order valence-corrected chi connectivity index (χ0v) is 17.0. The molecule has 4 aromatic rings. The average Bonchev–Trinajstić information content (AvgIpc) is 3.41.